The fourth-order valence-electron chi connectivity index (χ4n) is 2.63. The summed E-state index contributed by atoms with van der Waals surface area (Å²) in [6, 6.07) is 14.8. The maximum atomic E-state index is 11.3. The summed E-state index contributed by atoms with van der Waals surface area (Å²) in [4.78, 5) is 26.0. The van der Waals surface area contributed by atoms with Crippen molar-refractivity contribution in [1.29, 1.82) is 0 Å². The van der Waals surface area contributed by atoms with Crippen LogP contribution in [-0.4, -0.2) is 21.3 Å². The van der Waals surface area contributed by atoms with Crippen molar-refractivity contribution in [3.63, 3.8) is 0 Å². The number of phenols is 1. The van der Waals surface area contributed by atoms with E-state index in [1.165, 1.54) is 12.1 Å². The number of aromatic nitrogens is 1. The molecule has 2 aromatic carbocycles. The van der Waals surface area contributed by atoms with Crippen molar-refractivity contribution in [2.75, 3.05) is 0 Å². The first-order chi connectivity index (χ1) is 12.1. The number of nitro groups is 1. The standard InChI is InChI=1S/C19H14N2O4/c22-12-15-8-13(9-16-5-1-2-7-20-16)10-18(19(15)23)14-4-3-6-17(11-14)21(24)25/h1-8,10-12,23H,9H2. The van der Waals surface area contributed by atoms with Gasteiger partial charge in [0, 0.05) is 36.0 Å². The number of benzene rings is 2. The van der Waals surface area contributed by atoms with Crippen molar-refractivity contribution in [2.45, 2.75) is 6.42 Å². The topological polar surface area (TPSA) is 93.3 Å². The highest BCUT2D eigenvalue weighted by Crippen LogP contribution is 2.35. The summed E-state index contributed by atoms with van der Waals surface area (Å²) < 4.78 is 0. The van der Waals surface area contributed by atoms with Crippen LogP contribution < -0.4 is 0 Å². The van der Waals surface area contributed by atoms with Crippen LogP contribution in [0.15, 0.2) is 60.8 Å². The Labute approximate surface area is 143 Å². The molecule has 0 radical (unpaired) electrons. The second-order valence-electron chi connectivity index (χ2n) is 5.50. The van der Waals surface area contributed by atoms with Crippen molar-refractivity contribution in [2.24, 2.45) is 0 Å². The maximum Gasteiger partial charge on any atom is 0.270 e. The van der Waals surface area contributed by atoms with Gasteiger partial charge in [-0.2, -0.15) is 0 Å². The number of carbonyl (C=O) groups excluding carboxylic acids is 1. The van der Waals surface area contributed by atoms with E-state index in [2.05, 4.69) is 4.98 Å². The Balaban J connectivity index is 2.09. The zero-order valence-electron chi connectivity index (χ0n) is 13.1. The summed E-state index contributed by atoms with van der Waals surface area (Å²) in [7, 11) is 0. The van der Waals surface area contributed by atoms with Crippen LogP contribution in [0.2, 0.25) is 0 Å². The fraction of sp³-hybridized carbons (Fsp3) is 0.0526. The highest BCUT2D eigenvalue weighted by atomic mass is 16.6. The molecule has 124 valence electrons. The summed E-state index contributed by atoms with van der Waals surface area (Å²) in [6.07, 6.45) is 2.72. The third kappa shape index (κ3) is 3.53. The molecule has 0 saturated heterocycles. The SMILES string of the molecule is O=Cc1cc(Cc2ccccn2)cc(-c2cccc([N+](=O)[O-])c2)c1O. The molecule has 6 heteroatoms. The number of hydrogen-bond donors (Lipinski definition) is 1. The van der Waals surface area contributed by atoms with E-state index >= 15 is 0 Å². The van der Waals surface area contributed by atoms with Crippen molar-refractivity contribution in [3.05, 3.63) is 87.7 Å². The average molecular weight is 334 g/mol. The lowest BCUT2D eigenvalue weighted by Gasteiger charge is -2.11. The largest absolute Gasteiger partial charge is 0.507 e. The first-order valence-corrected chi connectivity index (χ1v) is 7.54. The number of carbonyl (C=O) groups is 1. The summed E-state index contributed by atoms with van der Waals surface area (Å²) in [5.41, 5.74) is 2.49. The zero-order chi connectivity index (χ0) is 17.8. The Bertz CT molecular complexity index is 939. The van der Waals surface area contributed by atoms with E-state index in [1.807, 2.05) is 18.2 Å². The van der Waals surface area contributed by atoms with Crippen molar-refractivity contribution in [1.82, 2.24) is 4.98 Å². The second kappa shape index (κ2) is 6.92. The van der Waals surface area contributed by atoms with Gasteiger partial charge in [-0.1, -0.05) is 18.2 Å². The fourth-order valence-corrected chi connectivity index (χ4v) is 2.63. The van der Waals surface area contributed by atoms with Crippen LogP contribution in [0, 0.1) is 10.1 Å². The number of hydrogen-bond acceptors (Lipinski definition) is 5. The van der Waals surface area contributed by atoms with Gasteiger partial charge in [-0.15, -0.1) is 0 Å². The molecule has 0 bridgehead atoms. The molecule has 1 aromatic heterocycles. The zero-order valence-corrected chi connectivity index (χ0v) is 13.1. The lowest BCUT2D eigenvalue weighted by molar-refractivity contribution is -0.384. The van der Waals surface area contributed by atoms with E-state index in [0.717, 1.165) is 11.3 Å². The number of aldehydes is 1. The Morgan fingerprint density at radius 2 is 1.96 bits per heavy atom. The maximum absolute atomic E-state index is 11.3. The molecule has 0 fully saturated rings. The van der Waals surface area contributed by atoms with Gasteiger partial charge in [-0.25, -0.2) is 0 Å². The monoisotopic (exact) mass is 334 g/mol. The molecule has 0 unspecified atom stereocenters. The van der Waals surface area contributed by atoms with Gasteiger partial charge in [0.15, 0.2) is 6.29 Å². The molecule has 0 saturated carbocycles. The van der Waals surface area contributed by atoms with E-state index in [0.29, 0.717) is 23.8 Å². The van der Waals surface area contributed by atoms with Crippen molar-refractivity contribution in [3.8, 4) is 16.9 Å². The van der Waals surface area contributed by atoms with Gasteiger partial charge in [-0.05, 0) is 35.4 Å². The Kier molecular flexibility index (Phi) is 4.52. The predicted molar refractivity (Wildman–Crippen MR) is 92.6 cm³/mol. The molecule has 0 aliphatic carbocycles. The van der Waals surface area contributed by atoms with Crippen LogP contribution in [-0.2, 0) is 6.42 Å². The van der Waals surface area contributed by atoms with E-state index in [4.69, 9.17) is 0 Å². The van der Waals surface area contributed by atoms with Gasteiger partial charge in [0.05, 0.1) is 10.5 Å². The summed E-state index contributed by atoms with van der Waals surface area (Å²) in [5.74, 6) is -0.194. The van der Waals surface area contributed by atoms with Gasteiger partial charge in [0.25, 0.3) is 5.69 Å². The highest BCUT2D eigenvalue weighted by Gasteiger charge is 2.14. The van der Waals surface area contributed by atoms with Crippen LogP contribution in [0.25, 0.3) is 11.1 Å². The summed E-state index contributed by atoms with van der Waals surface area (Å²) in [5, 5.41) is 21.3. The summed E-state index contributed by atoms with van der Waals surface area (Å²) >= 11 is 0. The second-order valence-corrected chi connectivity index (χ2v) is 5.50. The molecular formula is C19H14N2O4. The van der Waals surface area contributed by atoms with Crippen molar-refractivity contribution >= 4 is 12.0 Å². The minimum atomic E-state index is -0.501. The molecule has 3 rings (SSSR count). The predicted octanol–water partition coefficient (Wildman–Crippen LogP) is 3.77. The van der Waals surface area contributed by atoms with Crippen LogP contribution in [0.4, 0.5) is 5.69 Å². The van der Waals surface area contributed by atoms with Crippen LogP contribution in [0.5, 0.6) is 5.75 Å². The number of pyridine rings is 1. The highest BCUT2D eigenvalue weighted by molar-refractivity contribution is 5.86. The minimum Gasteiger partial charge on any atom is -0.507 e. The van der Waals surface area contributed by atoms with Crippen LogP contribution >= 0.6 is 0 Å². The van der Waals surface area contributed by atoms with E-state index in [-0.39, 0.29) is 17.0 Å². The molecule has 25 heavy (non-hydrogen) atoms. The molecule has 0 aliphatic heterocycles. The van der Waals surface area contributed by atoms with Gasteiger partial charge >= 0.3 is 0 Å². The van der Waals surface area contributed by atoms with Crippen LogP contribution in [0.3, 0.4) is 0 Å². The first kappa shape index (κ1) is 16.3. The Morgan fingerprint density at radius 3 is 2.64 bits per heavy atom. The molecule has 0 aliphatic rings. The molecule has 3 aromatic rings. The van der Waals surface area contributed by atoms with Gasteiger partial charge in [0.1, 0.15) is 5.75 Å². The summed E-state index contributed by atoms with van der Waals surface area (Å²) in [6.45, 7) is 0. The Hall–Kier alpha value is -3.54. The molecule has 6 nitrogen and oxygen atoms in total. The quantitative estimate of drug-likeness (QED) is 0.435. The molecular weight excluding hydrogens is 320 g/mol. The number of non-ortho nitro benzene ring substituents is 1. The molecule has 1 heterocycles. The van der Waals surface area contributed by atoms with Crippen molar-refractivity contribution < 1.29 is 14.8 Å². The number of nitro benzene ring substituents is 1. The normalized spacial score (nSPS) is 10.4. The number of aromatic hydroxyl groups is 1. The lowest BCUT2D eigenvalue weighted by atomic mass is 9.96. The number of phenolic OH excluding ortho intramolecular Hbond substituents is 1. The van der Waals surface area contributed by atoms with Gasteiger partial charge in [-0.3, -0.25) is 19.9 Å². The van der Waals surface area contributed by atoms with Gasteiger partial charge < -0.3 is 5.11 Å². The lowest BCUT2D eigenvalue weighted by Crippen LogP contribution is -1.96. The van der Waals surface area contributed by atoms with Crippen LogP contribution in [0.1, 0.15) is 21.6 Å². The van der Waals surface area contributed by atoms with Gasteiger partial charge in [0.2, 0.25) is 0 Å². The minimum absolute atomic E-state index is 0.0836. The molecule has 0 spiro atoms. The smallest absolute Gasteiger partial charge is 0.270 e. The third-order valence-electron chi connectivity index (χ3n) is 3.81. The third-order valence-corrected chi connectivity index (χ3v) is 3.81. The first-order valence-electron chi connectivity index (χ1n) is 7.54. The number of nitrogens with zero attached hydrogens (tertiary/aromatic N) is 2. The molecule has 0 atom stereocenters. The molecule has 1 N–H and O–H groups in total. The van der Waals surface area contributed by atoms with E-state index in [1.54, 1.807) is 30.5 Å². The average Bonchev–Trinajstić information content (AvgIpc) is 2.64. The van der Waals surface area contributed by atoms with E-state index in [9.17, 15) is 20.0 Å². The van der Waals surface area contributed by atoms with E-state index < -0.39 is 4.92 Å². The number of rotatable bonds is 5. The Morgan fingerprint density at radius 1 is 1.12 bits per heavy atom. The molecule has 0 amide bonds.